The Hall–Kier alpha value is -2.48. The van der Waals surface area contributed by atoms with E-state index in [-0.39, 0.29) is 11.9 Å². The Labute approximate surface area is 181 Å². The first-order chi connectivity index (χ1) is 13.9. The summed E-state index contributed by atoms with van der Waals surface area (Å²) >= 11 is 12.7. The minimum atomic E-state index is -0.405. The number of carbonyl (C=O) groups is 3. The van der Waals surface area contributed by atoms with E-state index in [4.69, 9.17) is 27.9 Å². The van der Waals surface area contributed by atoms with Gasteiger partial charge < -0.3 is 10.1 Å². The SMILES string of the molecule is CCOC(=O)c1ccc(NCN2C(=O)S/C(=C/c3ccc(Cl)c(Cl)c3)C2=O)cc1. The predicted molar refractivity (Wildman–Crippen MR) is 115 cm³/mol. The van der Waals surface area contributed by atoms with Gasteiger partial charge in [-0.25, -0.2) is 4.79 Å². The number of anilines is 1. The zero-order valence-corrected chi connectivity index (χ0v) is 17.6. The van der Waals surface area contributed by atoms with Crippen LogP contribution in [0, 0.1) is 0 Å². The zero-order chi connectivity index (χ0) is 21.0. The van der Waals surface area contributed by atoms with Crippen molar-refractivity contribution in [3.05, 3.63) is 68.5 Å². The van der Waals surface area contributed by atoms with Crippen molar-refractivity contribution in [2.24, 2.45) is 0 Å². The first-order valence-corrected chi connectivity index (χ1v) is 10.2. The molecule has 2 amide bonds. The summed E-state index contributed by atoms with van der Waals surface area (Å²) in [5.41, 5.74) is 1.76. The molecule has 1 aliphatic rings. The van der Waals surface area contributed by atoms with Gasteiger partial charge >= 0.3 is 5.97 Å². The maximum atomic E-state index is 12.6. The average Bonchev–Trinajstić information content (AvgIpc) is 2.96. The number of esters is 1. The molecule has 0 bridgehead atoms. The number of carbonyl (C=O) groups excluding carboxylic acids is 3. The van der Waals surface area contributed by atoms with E-state index in [1.165, 1.54) is 0 Å². The van der Waals surface area contributed by atoms with Crippen molar-refractivity contribution < 1.29 is 19.1 Å². The number of nitrogens with zero attached hydrogens (tertiary/aromatic N) is 1. The maximum absolute atomic E-state index is 12.6. The smallest absolute Gasteiger partial charge is 0.338 e. The normalized spacial score (nSPS) is 15.1. The number of thioether (sulfide) groups is 1. The number of hydrogen-bond acceptors (Lipinski definition) is 6. The Morgan fingerprint density at radius 3 is 2.52 bits per heavy atom. The summed E-state index contributed by atoms with van der Waals surface area (Å²) in [5, 5.41) is 3.40. The van der Waals surface area contributed by atoms with Crippen LogP contribution in [-0.4, -0.2) is 35.3 Å². The molecule has 9 heteroatoms. The third-order valence-electron chi connectivity index (χ3n) is 3.95. The monoisotopic (exact) mass is 450 g/mol. The Balaban J connectivity index is 1.65. The number of imide groups is 1. The molecule has 150 valence electrons. The van der Waals surface area contributed by atoms with Crippen molar-refractivity contribution in [3.63, 3.8) is 0 Å². The van der Waals surface area contributed by atoms with E-state index in [1.54, 1.807) is 55.5 Å². The van der Waals surface area contributed by atoms with Gasteiger partial charge in [-0.3, -0.25) is 14.5 Å². The molecule has 1 fully saturated rings. The van der Waals surface area contributed by atoms with Gasteiger partial charge in [0.05, 0.1) is 33.8 Å². The Morgan fingerprint density at radius 2 is 1.86 bits per heavy atom. The van der Waals surface area contributed by atoms with E-state index in [2.05, 4.69) is 5.32 Å². The standard InChI is InChI=1S/C20H16Cl2N2O4S/c1-2-28-19(26)13-4-6-14(7-5-13)23-11-24-18(25)17(29-20(24)27)10-12-3-8-15(21)16(22)9-12/h3-10,23H,2,11H2,1H3/b17-10+. The third kappa shape index (κ3) is 5.12. The lowest BCUT2D eigenvalue weighted by Gasteiger charge is -2.14. The van der Waals surface area contributed by atoms with Crippen LogP contribution in [0.3, 0.4) is 0 Å². The van der Waals surface area contributed by atoms with E-state index in [1.807, 2.05) is 0 Å². The summed E-state index contributed by atoms with van der Waals surface area (Å²) in [7, 11) is 0. The summed E-state index contributed by atoms with van der Waals surface area (Å²) in [6, 6.07) is 11.5. The van der Waals surface area contributed by atoms with Gasteiger partial charge in [0, 0.05) is 5.69 Å². The first-order valence-electron chi connectivity index (χ1n) is 8.60. The zero-order valence-electron chi connectivity index (χ0n) is 15.3. The highest BCUT2D eigenvalue weighted by Crippen LogP contribution is 2.33. The molecule has 0 aromatic heterocycles. The molecular weight excluding hydrogens is 435 g/mol. The second-order valence-electron chi connectivity index (χ2n) is 5.92. The van der Waals surface area contributed by atoms with Crippen molar-refractivity contribution in [2.75, 3.05) is 18.6 Å². The van der Waals surface area contributed by atoms with Crippen molar-refractivity contribution in [1.82, 2.24) is 4.90 Å². The van der Waals surface area contributed by atoms with Gasteiger partial charge in [-0.05, 0) is 66.7 Å². The number of benzene rings is 2. The largest absolute Gasteiger partial charge is 0.462 e. The second-order valence-corrected chi connectivity index (χ2v) is 7.72. The van der Waals surface area contributed by atoms with Gasteiger partial charge in [-0.2, -0.15) is 0 Å². The maximum Gasteiger partial charge on any atom is 0.338 e. The van der Waals surface area contributed by atoms with Crippen LogP contribution in [0.15, 0.2) is 47.4 Å². The fraction of sp³-hybridized carbons (Fsp3) is 0.150. The number of hydrogen-bond donors (Lipinski definition) is 1. The molecule has 1 heterocycles. The summed E-state index contributed by atoms with van der Waals surface area (Å²) in [6.07, 6.45) is 1.60. The molecule has 2 aromatic rings. The molecule has 0 atom stereocenters. The molecule has 6 nitrogen and oxygen atoms in total. The van der Waals surface area contributed by atoms with E-state index in [0.29, 0.717) is 38.4 Å². The summed E-state index contributed by atoms with van der Waals surface area (Å²) < 4.78 is 4.93. The highest BCUT2D eigenvalue weighted by Gasteiger charge is 2.34. The van der Waals surface area contributed by atoms with Crippen LogP contribution < -0.4 is 5.32 Å². The topological polar surface area (TPSA) is 75.7 Å². The minimum absolute atomic E-state index is 0.00212. The fourth-order valence-electron chi connectivity index (χ4n) is 2.50. The summed E-state index contributed by atoms with van der Waals surface area (Å²) in [6.45, 7) is 2.04. The molecule has 1 saturated heterocycles. The minimum Gasteiger partial charge on any atom is -0.462 e. The van der Waals surface area contributed by atoms with Gasteiger partial charge in [-0.15, -0.1) is 0 Å². The van der Waals surface area contributed by atoms with E-state index in [0.717, 1.165) is 16.7 Å². The molecule has 3 rings (SSSR count). The van der Waals surface area contributed by atoms with Gasteiger partial charge in [0.25, 0.3) is 11.1 Å². The Bertz CT molecular complexity index is 992. The molecule has 0 spiro atoms. The number of ether oxygens (including phenoxy) is 1. The predicted octanol–water partition coefficient (Wildman–Crippen LogP) is 5.28. The lowest BCUT2D eigenvalue weighted by Crippen LogP contribution is -2.33. The number of halogens is 2. The molecule has 0 saturated carbocycles. The van der Waals surface area contributed by atoms with E-state index in [9.17, 15) is 14.4 Å². The van der Waals surface area contributed by atoms with Gasteiger partial charge in [0.2, 0.25) is 0 Å². The molecule has 0 unspecified atom stereocenters. The van der Waals surface area contributed by atoms with Crippen LogP contribution >= 0.6 is 35.0 Å². The van der Waals surface area contributed by atoms with Gasteiger partial charge in [0.1, 0.15) is 0 Å². The summed E-state index contributed by atoms with van der Waals surface area (Å²) in [5.74, 6) is -0.806. The molecule has 29 heavy (non-hydrogen) atoms. The third-order valence-corrected chi connectivity index (χ3v) is 5.60. The van der Waals surface area contributed by atoms with Crippen LogP contribution in [0.4, 0.5) is 10.5 Å². The van der Waals surface area contributed by atoms with Crippen LogP contribution in [0.25, 0.3) is 6.08 Å². The van der Waals surface area contributed by atoms with Crippen molar-refractivity contribution in [3.8, 4) is 0 Å². The fourth-order valence-corrected chi connectivity index (χ4v) is 3.64. The molecule has 0 radical (unpaired) electrons. The molecule has 2 aromatic carbocycles. The number of amides is 2. The van der Waals surface area contributed by atoms with Gasteiger partial charge in [-0.1, -0.05) is 29.3 Å². The first kappa shape index (κ1) is 21.2. The summed E-state index contributed by atoms with van der Waals surface area (Å²) in [4.78, 5) is 37.9. The van der Waals surface area contributed by atoms with Crippen molar-refractivity contribution in [1.29, 1.82) is 0 Å². The number of rotatable bonds is 6. The highest BCUT2D eigenvalue weighted by atomic mass is 35.5. The number of nitrogens with one attached hydrogen (secondary N) is 1. The van der Waals surface area contributed by atoms with E-state index >= 15 is 0 Å². The van der Waals surface area contributed by atoms with Crippen molar-refractivity contribution in [2.45, 2.75) is 6.92 Å². The molecule has 0 aliphatic carbocycles. The van der Waals surface area contributed by atoms with Crippen LogP contribution in [0.5, 0.6) is 0 Å². The van der Waals surface area contributed by atoms with Crippen LogP contribution in [0.2, 0.25) is 10.0 Å². The molecular formula is C20H16Cl2N2O4S. The lowest BCUT2D eigenvalue weighted by atomic mass is 10.2. The molecule has 1 aliphatic heterocycles. The van der Waals surface area contributed by atoms with E-state index < -0.39 is 11.9 Å². The van der Waals surface area contributed by atoms with Crippen LogP contribution in [-0.2, 0) is 9.53 Å². The average molecular weight is 451 g/mol. The lowest BCUT2D eigenvalue weighted by molar-refractivity contribution is -0.122. The van der Waals surface area contributed by atoms with Crippen molar-refractivity contribution >= 4 is 63.8 Å². The van der Waals surface area contributed by atoms with Gasteiger partial charge in [0.15, 0.2) is 0 Å². The molecule has 1 N–H and O–H groups in total. The van der Waals surface area contributed by atoms with Crippen LogP contribution in [0.1, 0.15) is 22.8 Å². The Morgan fingerprint density at radius 1 is 1.14 bits per heavy atom. The highest BCUT2D eigenvalue weighted by molar-refractivity contribution is 8.18. The second kappa shape index (κ2) is 9.35. The Kier molecular flexibility index (Phi) is 6.84. The quantitative estimate of drug-likeness (QED) is 0.476.